The van der Waals surface area contributed by atoms with Crippen molar-refractivity contribution in [2.24, 2.45) is 0 Å². The summed E-state index contributed by atoms with van der Waals surface area (Å²) in [6.07, 6.45) is 1.99. The van der Waals surface area contributed by atoms with Crippen LogP contribution in [0, 0.1) is 0 Å². The standard InChI is InChI=1S/C16H14BrNS2/c1-18-16(20-15-10-6-5-9-13(15)17)11-14(19)12-7-3-2-4-8-12/h2-11,18H,1H3/b16-11+. The third-order valence-electron chi connectivity index (χ3n) is 2.62. The molecule has 0 atom stereocenters. The van der Waals surface area contributed by atoms with Crippen molar-refractivity contribution in [1.82, 2.24) is 5.32 Å². The second kappa shape index (κ2) is 7.62. The summed E-state index contributed by atoms with van der Waals surface area (Å²) in [7, 11) is 1.91. The molecule has 0 unspecified atom stereocenters. The van der Waals surface area contributed by atoms with Gasteiger partial charge in [-0.1, -0.05) is 66.4 Å². The van der Waals surface area contributed by atoms with E-state index in [2.05, 4.69) is 27.3 Å². The first-order chi connectivity index (χ1) is 9.70. The molecule has 0 heterocycles. The van der Waals surface area contributed by atoms with Crippen LogP contribution in [0.2, 0.25) is 0 Å². The van der Waals surface area contributed by atoms with Gasteiger partial charge in [0.1, 0.15) is 0 Å². The Bertz CT molecular complexity index is 623. The maximum atomic E-state index is 5.47. The molecule has 0 bridgehead atoms. The van der Waals surface area contributed by atoms with Gasteiger partial charge in [0, 0.05) is 21.3 Å². The normalized spacial score (nSPS) is 11.2. The molecule has 102 valence electrons. The van der Waals surface area contributed by atoms with Crippen molar-refractivity contribution in [2.75, 3.05) is 7.05 Å². The van der Waals surface area contributed by atoms with Gasteiger partial charge in [0.05, 0.1) is 5.03 Å². The van der Waals surface area contributed by atoms with Gasteiger partial charge in [-0.25, -0.2) is 0 Å². The number of thiocarbonyl (C=S) groups is 1. The van der Waals surface area contributed by atoms with E-state index in [1.165, 1.54) is 0 Å². The summed E-state index contributed by atoms with van der Waals surface area (Å²) in [5, 5.41) is 4.21. The van der Waals surface area contributed by atoms with Crippen LogP contribution >= 0.6 is 39.9 Å². The van der Waals surface area contributed by atoms with Crippen LogP contribution in [0.4, 0.5) is 0 Å². The molecule has 0 spiro atoms. The Morgan fingerprint density at radius 1 is 1.10 bits per heavy atom. The van der Waals surface area contributed by atoms with E-state index in [9.17, 15) is 0 Å². The highest BCUT2D eigenvalue weighted by atomic mass is 79.9. The van der Waals surface area contributed by atoms with E-state index in [1.807, 2.05) is 61.7 Å². The number of hydrogen-bond acceptors (Lipinski definition) is 3. The number of nitrogens with one attached hydrogen (secondary N) is 1. The van der Waals surface area contributed by atoms with Crippen molar-refractivity contribution in [3.05, 3.63) is 75.7 Å². The van der Waals surface area contributed by atoms with Gasteiger partial charge in [0.15, 0.2) is 0 Å². The summed E-state index contributed by atoms with van der Waals surface area (Å²) < 4.78 is 1.08. The van der Waals surface area contributed by atoms with Crippen LogP contribution < -0.4 is 5.32 Å². The second-order valence-electron chi connectivity index (χ2n) is 4.02. The van der Waals surface area contributed by atoms with Gasteiger partial charge in [0.2, 0.25) is 0 Å². The number of halogens is 1. The van der Waals surface area contributed by atoms with E-state index in [0.29, 0.717) is 0 Å². The molecule has 2 rings (SSSR count). The molecule has 1 N–H and O–H groups in total. The summed E-state index contributed by atoms with van der Waals surface area (Å²) in [6, 6.07) is 18.2. The minimum Gasteiger partial charge on any atom is -0.383 e. The van der Waals surface area contributed by atoms with Crippen LogP contribution in [0.15, 0.2) is 75.1 Å². The highest BCUT2D eigenvalue weighted by molar-refractivity contribution is 9.10. The van der Waals surface area contributed by atoms with Crippen LogP contribution in [-0.2, 0) is 0 Å². The zero-order valence-electron chi connectivity index (χ0n) is 11.0. The average molecular weight is 364 g/mol. The maximum absolute atomic E-state index is 5.47. The monoisotopic (exact) mass is 363 g/mol. The molecule has 0 aliphatic carbocycles. The van der Waals surface area contributed by atoms with Crippen molar-refractivity contribution in [2.45, 2.75) is 4.90 Å². The summed E-state index contributed by atoms with van der Waals surface area (Å²) >= 11 is 10.7. The zero-order chi connectivity index (χ0) is 14.4. The molecule has 20 heavy (non-hydrogen) atoms. The van der Waals surface area contributed by atoms with Crippen LogP contribution in [0.1, 0.15) is 5.56 Å². The van der Waals surface area contributed by atoms with Crippen LogP contribution in [-0.4, -0.2) is 11.9 Å². The molecule has 2 aromatic carbocycles. The smallest absolute Gasteiger partial charge is 0.0742 e. The van der Waals surface area contributed by atoms with Crippen molar-refractivity contribution in [3.8, 4) is 0 Å². The Morgan fingerprint density at radius 3 is 2.40 bits per heavy atom. The fourth-order valence-corrected chi connectivity index (χ4v) is 3.29. The highest BCUT2D eigenvalue weighted by Gasteiger charge is 2.05. The van der Waals surface area contributed by atoms with Gasteiger partial charge in [-0.15, -0.1) is 0 Å². The summed E-state index contributed by atoms with van der Waals surface area (Å²) in [5.74, 6) is 0. The molecule has 0 saturated carbocycles. The maximum Gasteiger partial charge on any atom is 0.0742 e. The number of benzene rings is 2. The first kappa shape index (κ1) is 15.3. The first-order valence-corrected chi connectivity index (χ1v) is 8.13. The van der Waals surface area contributed by atoms with Crippen molar-refractivity contribution < 1.29 is 0 Å². The molecule has 1 nitrogen and oxygen atoms in total. The summed E-state index contributed by atoms with van der Waals surface area (Å²) in [4.78, 5) is 1.98. The minimum absolute atomic E-state index is 0.828. The third kappa shape index (κ3) is 4.20. The molecule has 0 saturated heterocycles. The number of hydrogen-bond donors (Lipinski definition) is 1. The second-order valence-corrected chi connectivity index (χ2v) is 6.40. The third-order valence-corrected chi connectivity index (χ3v) is 5.05. The number of allylic oxidation sites excluding steroid dienone is 1. The molecular weight excluding hydrogens is 350 g/mol. The lowest BCUT2D eigenvalue weighted by atomic mass is 10.1. The molecule has 0 aliphatic rings. The van der Waals surface area contributed by atoms with Gasteiger partial charge < -0.3 is 5.32 Å². The van der Waals surface area contributed by atoms with Crippen molar-refractivity contribution in [3.63, 3.8) is 0 Å². The minimum atomic E-state index is 0.828. The predicted molar refractivity (Wildman–Crippen MR) is 95.3 cm³/mol. The summed E-state index contributed by atoms with van der Waals surface area (Å²) in [6.45, 7) is 0. The Labute approximate surface area is 137 Å². The Hall–Kier alpha value is -1.10. The SMILES string of the molecule is CN/C(=C\C(=S)c1ccccc1)Sc1ccccc1Br. The Balaban J connectivity index is 2.18. The summed E-state index contributed by atoms with van der Waals surface area (Å²) in [5.41, 5.74) is 1.06. The van der Waals surface area contributed by atoms with Crippen LogP contribution in [0.3, 0.4) is 0 Å². The van der Waals surface area contributed by atoms with Crippen LogP contribution in [0.5, 0.6) is 0 Å². The fraction of sp³-hybridized carbons (Fsp3) is 0.0625. The molecule has 0 radical (unpaired) electrons. The predicted octanol–water partition coefficient (Wildman–Crippen LogP) is 5.02. The zero-order valence-corrected chi connectivity index (χ0v) is 14.2. The van der Waals surface area contributed by atoms with E-state index >= 15 is 0 Å². The molecule has 0 aliphatic heterocycles. The van der Waals surface area contributed by atoms with Crippen LogP contribution in [0.25, 0.3) is 0 Å². The highest BCUT2D eigenvalue weighted by Crippen LogP contribution is 2.31. The molecule has 0 aromatic heterocycles. The van der Waals surface area contributed by atoms with Crippen molar-refractivity contribution in [1.29, 1.82) is 0 Å². The quantitative estimate of drug-likeness (QED) is 0.346. The lowest BCUT2D eigenvalue weighted by Gasteiger charge is -2.08. The van der Waals surface area contributed by atoms with Gasteiger partial charge in [-0.05, 0) is 39.7 Å². The van der Waals surface area contributed by atoms with Gasteiger partial charge in [0.25, 0.3) is 0 Å². The topological polar surface area (TPSA) is 12.0 Å². The fourth-order valence-electron chi connectivity index (χ4n) is 1.60. The van der Waals surface area contributed by atoms with Gasteiger partial charge >= 0.3 is 0 Å². The lowest BCUT2D eigenvalue weighted by Crippen LogP contribution is -2.05. The van der Waals surface area contributed by atoms with E-state index in [0.717, 1.165) is 24.8 Å². The van der Waals surface area contributed by atoms with E-state index in [1.54, 1.807) is 11.8 Å². The number of rotatable bonds is 5. The lowest BCUT2D eigenvalue weighted by molar-refractivity contribution is 1.08. The largest absolute Gasteiger partial charge is 0.383 e. The molecule has 4 heteroatoms. The average Bonchev–Trinajstić information content (AvgIpc) is 2.49. The van der Waals surface area contributed by atoms with E-state index in [-0.39, 0.29) is 0 Å². The van der Waals surface area contributed by atoms with Gasteiger partial charge in [-0.3, -0.25) is 0 Å². The molecule has 0 fully saturated rings. The van der Waals surface area contributed by atoms with E-state index < -0.39 is 0 Å². The number of thioether (sulfide) groups is 1. The Kier molecular flexibility index (Phi) is 5.83. The molecule has 2 aromatic rings. The Morgan fingerprint density at radius 2 is 1.75 bits per heavy atom. The van der Waals surface area contributed by atoms with Crippen molar-refractivity contribution >= 4 is 44.8 Å². The van der Waals surface area contributed by atoms with Gasteiger partial charge in [-0.2, -0.15) is 0 Å². The molecule has 0 amide bonds. The van der Waals surface area contributed by atoms with E-state index in [4.69, 9.17) is 12.2 Å². The molecular formula is C16H14BrNS2. The first-order valence-electron chi connectivity index (χ1n) is 6.12.